The van der Waals surface area contributed by atoms with Gasteiger partial charge in [-0.2, -0.15) is 0 Å². The minimum Gasteiger partial charge on any atom is -0.497 e. The van der Waals surface area contributed by atoms with E-state index in [1.165, 1.54) is 23.5 Å². The second-order valence-electron chi connectivity index (χ2n) is 9.88. The zero-order valence-corrected chi connectivity index (χ0v) is 23.4. The number of thiazole rings is 1. The molecular weight excluding hydrogens is 538 g/mol. The van der Waals surface area contributed by atoms with Gasteiger partial charge >= 0.3 is 0 Å². The van der Waals surface area contributed by atoms with E-state index in [0.717, 1.165) is 58.7 Å². The van der Waals surface area contributed by atoms with Gasteiger partial charge in [-0.25, -0.2) is 4.99 Å². The molecule has 0 spiro atoms. The molecule has 0 bridgehead atoms. The average molecular weight is 566 g/mol. The first kappa shape index (κ1) is 26.5. The first-order valence-electron chi connectivity index (χ1n) is 13.2. The van der Waals surface area contributed by atoms with Crippen LogP contribution in [0.5, 0.6) is 11.5 Å². The molecule has 0 radical (unpaired) electrons. The summed E-state index contributed by atoms with van der Waals surface area (Å²) in [6.45, 7) is 0. The molecule has 0 fully saturated rings. The Labute approximate surface area is 240 Å². The Balaban J connectivity index is 1.54. The number of methoxy groups -OCH3 is 2. The third kappa shape index (κ3) is 5.12. The Bertz CT molecular complexity index is 1880. The minimum absolute atomic E-state index is 0.0218. The third-order valence-electron chi connectivity index (χ3n) is 7.40. The molecule has 1 aliphatic heterocycles. The smallest absolute Gasteiger partial charge is 0.271 e. The van der Waals surface area contributed by atoms with Crippen molar-refractivity contribution in [3.05, 3.63) is 136 Å². The zero-order valence-electron chi connectivity index (χ0n) is 22.6. The molecule has 1 aromatic heterocycles. The van der Waals surface area contributed by atoms with Crippen molar-refractivity contribution in [2.75, 3.05) is 14.2 Å². The van der Waals surface area contributed by atoms with Gasteiger partial charge in [-0.1, -0.05) is 47.7 Å². The number of aromatic nitrogens is 1. The van der Waals surface area contributed by atoms with Crippen LogP contribution < -0.4 is 24.4 Å². The van der Waals surface area contributed by atoms with Gasteiger partial charge in [-0.3, -0.25) is 19.5 Å². The molecule has 2 aliphatic rings. The van der Waals surface area contributed by atoms with Gasteiger partial charge in [-0.05, 0) is 83.5 Å². The lowest BCUT2D eigenvalue weighted by molar-refractivity contribution is -0.384. The fraction of sp³-hybridized carbons (Fsp3) is 0.188. The number of rotatable bonds is 6. The summed E-state index contributed by atoms with van der Waals surface area (Å²) in [4.78, 5) is 30.5. The number of nitro groups is 1. The van der Waals surface area contributed by atoms with Gasteiger partial charge in [-0.15, -0.1) is 0 Å². The normalized spacial score (nSPS) is 17.6. The van der Waals surface area contributed by atoms with Crippen molar-refractivity contribution in [1.29, 1.82) is 0 Å². The highest BCUT2D eigenvalue weighted by Gasteiger charge is 2.32. The van der Waals surface area contributed by atoms with Crippen LogP contribution in [0, 0.1) is 10.1 Å². The molecule has 0 saturated heterocycles. The minimum atomic E-state index is -0.437. The molecule has 8 nitrogen and oxygen atoms in total. The van der Waals surface area contributed by atoms with Crippen LogP contribution in [0.2, 0.25) is 0 Å². The lowest BCUT2D eigenvalue weighted by Crippen LogP contribution is -2.39. The molecule has 0 saturated carbocycles. The second kappa shape index (κ2) is 11.0. The largest absolute Gasteiger partial charge is 0.497 e. The number of fused-ring (bicyclic) bond motifs is 1. The van der Waals surface area contributed by atoms with Crippen LogP contribution in [0.15, 0.2) is 99.4 Å². The van der Waals surface area contributed by atoms with Crippen molar-refractivity contribution in [2.45, 2.75) is 25.3 Å². The highest BCUT2D eigenvalue weighted by Crippen LogP contribution is 2.41. The van der Waals surface area contributed by atoms with Crippen molar-refractivity contribution < 1.29 is 14.4 Å². The van der Waals surface area contributed by atoms with E-state index in [9.17, 15) is 14.9 Å². The fourth-order valence-electron chi connectivity index (χ4n) is 5.42. The topological polar surface area (TPSA) is 96.0 Å². The van der Waals surface area contributed by atoms with E-state index in [2.05, 4.69) is 6.08 Å². The molecule has 2 heterocycles. The predicted molar refractivity (Wildman–Crippen MR) is 159 cm³/mol. The molecule has 9 heteroatoms. The summed E-state index contributed by atoms with van der Waals surface area (Å²) in [6, 6.07) is 21.7. The van der Waals surface area contributed by atoms with Crippen molar-refractivity contribution in [3.8, 4) is 11.5 Å². The van der Waals surface area contributed by atoms with Crippen LogP contribution in [0.1, 0.15) is 42.0 Å². The number of allylic oxidation sites excluding steroid dienone is 2. The first-order valence-corrected chi connectivity index (χ1v) is 14.0. The molecule has 4 aromatic rings. The highest BCUT2D eigenvalue weighted by molar-refractivity contribution is 7.07. The Morgan fingerprint density at radius 1 is 0.951 bits per heavy atom. The van der Waals surface area contributed by atoms with E-state index >= 15 is 0 Å². The summed E-state index contributed by atoms with van der Waals surface area (Å²) in [6.07, 6.45) is 6.52. The monoisotopic (exact) mass is 565 g/mol. The van der Waals surface area contributed by atoms with E-state index in [-0.39, 0.29) is 17.3 Å². The Kier molecular flexibility index (Phi) is 7.11. The number of nitrogens with zero attached hydrogens (tertiary/aromatic N) is 3. The lowest BCUT2D eigenvalue weighted by Gasteiger charge is -2.31. The molecule has 1 atom stereocenters. The van der Waals surface area contributed by atoms with Crippen LogP contribution in [0.25, 0.3) is 12.2 Å². The summed E-state index contributed by atoms with van der Waals surface area (Å²) < 4.78 is 12.9. The van der Waals surface area contributed by atoms with Crippen molar-refractivity contribution in [3.63, 3.8) is 0 Å². The van der Waals surface area contributed by atoms with Gasteiger partial charge in [0.1, 0.15) is 11.5 Å². The van der Waals surface area contributed by atoms with E-state index in [1.807, 2.05) is 48.5 Å². The van der Waals surface area contributed by atoms with Crippen LogP contribution >= 0.6 is 11.3 Å². The number of non-ortho nitro benzene ring substituents is 1. The van der Waals surface area contributed by atoms with E-state index < -0.39 is 4.92 Å². The maximum Gasteiger partial charge on any atom is 0.271 e. The Hall–Kier alpha value is -4.76. The van der Waals surface area contributed by atoms with Crippen LogP contribution in [-0.2, 0) is 0 Å². The number of hydrogen-bond donors (Lipinski definition) is 0. The molecule has 0 unspecified atom stereocenters. The quantitative estimate of drug-likeness (QED) is 0.230. The standard InChI is InChI=1S/C32H27N3O5S/c1-39-25-13-9-20(10-14-25)17-23-6-4-8-27-29(23)33-32-34(30(27)22-11-15-26(40-2)16-12-22)31(36)28(41-32)19-21-5-3-7-24(18-21)35(37)38/h3,5,7,9-19,30H,4,6,8H2,1-2H3/b23-17+,28-19?/t30-/m0/s1. The molecule has 0 N–H and O–H groups in total. The van der Waals surface area contributed by atoms with Gasteiger partial charge < -0.3 is 9.47 Å². The Morgan fingerprint density at radius 2 is 1.66 bits per heavy atom. The van der Waals surface area contributed by atoms with Crippen molar-refractivity contribution in [2.24, 2.45) is 4.99 Å². The SMILES string of the molecule is COc1ccc(/C=C2\CCCC3=C2N=c2sc(=Cc4cccc([N+](=O)[O-])c4)c(=O)n2[C@H]3c2ccc(OC)cc2)cc1. The first-order chi connectivity index (χ1) is 19.9. The Morgan fingerprint density at radius 3 is 2.34 bits per heavy atom. The summed E-state index contributed by atoms with van der Waals surface area (Å²) in [5.41, 5.74) is 5.60. The maximum absolute atomic E-state index is 13.9. The van der Waals surface area contributed by atoms with Crippen LogP contribution in [0.3, 0.4) is 0 Å². The third-order valence-corrected chi connectivity index (χ3v) is 8.38. The molecule has 3 aromatic carbocycles. The van der Waals surface area contributed by atoms with Gasteiger partial charge in [0, 0.05) is 12.1 Å². The van der Waals surface area contributed by atoms with E-state index in [4.69, 9.17) is 14.5 Å². The molecule has 1 aliphatic carbocycles. The summed E-state index contributed by atoms with van der Waals surface area (Å²) >= 11 is 1.30. The maximum atomic E-state index is 13.9. The number of nitro benzene ring substituents is 1. The lowest BCUT2D eigenvalue weighted by atomic mass is 9.84. The molecule has 0 amide bonds. The van der Waals surface area contributed by atoms with Crippen LogP contribution in [0.4, 0.5) is 5.69 Å². The summed E-state index contributed by atoms with van der Waals surface area (Å²) in [5.74, 6) is 1.54. The van der Waals surface area contributed by atoms with Gasteiger partial charge in [0.2, 0.25) is 0 Å². The summed E-state index contributed by atoms with van der Waals surface area (Å²) in [5, 5.41) is 11.3. The fourth-order valence-corrected chi connectivity index (χ4v) is 6.42. The number of hydrogen-bond acceptors (Lipinski definition) is 7. The van der Waals surface area contributed by atoms with E-state index in [1.54, 1.807) is 37.0 Å². The van der Waals surface area contributed by atoms with Gasteiger partial charge in [0.05, 0.1) is 35.4 Å². The molecular formula is C32H27N3O5S. The number of ether oxygens (including phenoxy) is 2. The van der Waals surface area contributed by atoms with Crippen molar-refractivity contribution >= 4 is 29.2 Å². The van der Waals surface area contributed by atoms with Gasteiger partial charge in [0.25, 0.3) is 11.2 Å². The molecule has 41 heavy (non-hydrogen) atoms. The highest BCUT2D eigenvalue weighted by atomic mass is 32.1. The van der Waals surface area contributed by atoms with Crippen molar-refractivity contribution in [1.82, 2.24) is 4.57 Å². The molecule has 6 rings (SSSR count). The second-order valence-corrected chi connectivity index (χ2v) is 10.9. The van der Waals surface area contributed by atoms with Gasteiger partial charge in [0.15, 0.2) is 4.80 Å². The predicted octanol–water partition coefficient (Wildman–Crippen LogP) is 5.41. The zero-order chi connectivity index (χ0) is 28.5. The number of benzene rings is 3. The summed E-state index contributed by atoms with van der Waals surface area (Å²) in [7, 11) is 3.28. The van der Waals surface area contributed by atoms with E-state index in [0.29, 0.717) is 14.9 Å². The van der Waals surface area contributed by atoms with Crippen LogP contribution in [-0.4, -0.2) is 23.7 Å². The average Bonchev–Trinajstić information content (AvgIpc) is 3.31. The molecule has 206 valence electrons.